The van der Waals surface area contributed by atoms with E-state index in [1.54, 1.807) is 19.9 Å². The second-order valence-corrected chi connectivity index (χ2v) is 7.14. The minimum atomic E-state index is -5.06. The van der Waals surface area contributed by atoms with E-state index in [0.717, 1.165) is 12.1 Å². The monoisotopic (exact) mass is 317 g/mol. The first kappa shape index (κ1) is 15.7. The number of rotatable bonds is 2. The Labute approximate surface area is 120 Å². The maximum atomic E-state index is 14.0. The lowest BCUT2D eigenvalue weighted by atomic mass is 9.91. The minimum absolute atomic E-state index is 0.0422. The summed E-state index contributed by atoms with van der Waals surface area (Å²) in [6, 6.07) is 3.72. The summed E-state index contributed by atoms with van der Waals surface area (Å²) >= 11 is 0. The highest BCUT2D eigenvalue weighted by Gasteiger charge is 2.68. The van der Waals surface area contributed by atoms with Gasteiger partial charge in [-0.1, -0.05) is 0 Å². The van der Waals surface area contributed by atoms with Crippen LogP contribution in [-0.4, -0.2) is 24.9 Å². The van der Waals surface area contributed by atoms with Crippen molar-refractivity contribution in [1.82, 2.24) is 0 Å². The molecule has 0 saturated heterocycles. The number of aliphatic hydroxyl groups is 1. The molecule has 1 aliphatic rings. The Morgan fingerprint density at radius 2 is 1.95 bits per heavy atom. The molecule has 0 aliphatic carbocycles. The van der Waals surface area contributed by atoms with Crippen LogP contribution in [0.1, 0.15) is 31.9 Å². The fourth-order valence-electron chi connectivity index (χ4n) is 2.28. The van der Waals surface area contributed by atoms with Crippen LogP contribution in [0.15, 0.2) is 17.0 Å². The van der Waals surface area contributed by atoms with Gasteiger partial charge in [0.1, 0.15) is 17.4 Å². The van der Waals surface area contributed by atoms with E-state index in [0.29, 0.717) is 6.92 Å². The van der Waals surface area contributed by atoms with Crippen molar-refractivity contribution in [2.24, 2.45) is 0 Å². The van der Waals surface area contributed by atoms with Crippen molar-refractivity contribution in [2.75, 3.05) is 0 Å². The van der Waals surface area contributed by atoms with Gasteiger partial charge in [0.05, 0.1) is 11.0 Å². The van der Waals surface area contributed by atoms with E-state index >= 15 is 0 Å². The van der Waals surface area contributed by atoms with E-state index in [4.69, 9.17) is 4.74 Å². The number of benzene rings is 1. The zero-order chi connectivity index (χ0) is 16.2. The molecule has 0 spiro atoms. The Bertz CT molecular complexity index is 748. The average molecular weight is 317 g/mol. The predicted molar refractivity (Wildman–Crippen MR) is 68.6 cm³/mol. The lowest BCUT2D eigenvalue weighted by molar-refractivity contribution is -0.115. The van der Waals surface area contributed by atoms with Crippen molar-refractivity contribution >= 4 is 9.84 Å². The zero-order valence-electron chi connectivity index (χ0n) is 11.5. The molecule has 1 N–H and O–H groups in total. The van der Waals surface area contributed by atoms with Crippen molar-refractivity contribution in [3.63, 3.8) is 0 Å². The number of ether oxygens (including phenoxy) is 1. The van der Waals surface area contributed by atoms with Crippen LogP contribution in [-0.2, 0) is 15.4 Å². The molecule has 0 fully saturated rings. The van der Waals surface area contributed by atoms with Crippen LogP contribution in [0.3, 0.4) is 0 Å². The van der Waals surface area contributed by atoms with Crippen molar-refractivity contribution in [3.8, 4) is 11.8 Å². The van der Waals surface area contributed by atoms with Gasteiger partial charge in [-0.3, -0.25) is 0 Å². The summed E-state index contributed by atoms with van der Waals surface area (Å²) in [5, 5.41) is 14.8. The fraction of sp³-hybridized carbons (Fsp3) is 0.462. The van der Waals surface area contributed by atoms with Gasteiger partial charge in [0.15, 0.2) is 5.60 Å². The molecule has 1 aliphatic heterocycles. The molecule has 0 aromatic heterocycles. The molecule has 1 atom stereocenters. The molecule has 2 rings (SSSR count). The van der Waals surface area contributed by atoms with E-state index in [1.165, 1.54) is 0 Å². The van der Waals surface area contributed by atoms with Gasteiger partial charge in [-0.15, -0.1) is 0 Å². The molecule has 1 heterocycles. The molecule has 5 nitrogen and oxygen atoms in total. The van der Waals surface area contributed by atoms with E-state index in [9.17, 15) is 27.6 Å². The number of hydrogen-bond acceptors (Lipinski definition) is 5. The van der Waals surface area contributed by atoms with E-state index in [2.05, 4.69) is 0 Å². The maximum Gasteiger partial charge on any atom is 0.381 e. The first-order chi connectivity index (χ1) is 9.48. The smallest absolute Gasteiger partial charge is 0.381 e. The number of alkyl halides is 2. The molecule has 8 heteroatoms. The minimum Gasteiger partial charge on any atom is -0.490 e. The van der Waals surface area contributed by atoms with Crippen LogP contribution >= 0.6 is 0 Å². The molecular formula is C13H13F2NO4S. The van der Waals surface area contributed by atoms with Crippen LogP contribution < -0.4 is 4.74 Å². The Morgan fingerprint density at radius 3 is 2.43 bits per heavy atom. The van der Waals surface area contributed by atoms with E-state index < -0.39 is 36.7 Å². The maximum absolute atomic E-state index is 14.0. The molecule has 0 bridgehead atoms. The number of halogens is 2. The quantitative estimate of drug-likeness (QED) is 0.900. The largest absolute Gasteiger partial charge is 0.490 e. The van der Waals surface area contributed by atoms with Crippen LogP contribution in [0.25, 0.3) is 0 Å². The highest BCUT2D eigenvalue weighted by molar-refractivity contribution is 7.93. The van der Waals surface area contributed by atoms with Crippen molar-refractivity contribution in [2.45, 2.75) is 42.6 Å². The molecule has 1 aromatic rings. The highest BCUT2D eigenvalue weighted by Crippen LogP contribution is 2.55. The topological polar surface area (TPSA) is 87.4 Å². The average Bonchev–Trinajstić information content (AvgIpc) is 2.45. The van der Waals surface area contributed by atoms with Crippen LogP contribution in [0.2, 0.25) is 0 Å². The molecule has 114 valence electrons. The summed E-state index contributed by atoms with van der Waals surface area (Å²) in [4.78, 5) is -0.745. The third kappa shape index (κ3) is 1.84. The number of sulfone groups is 1. The molecule has 0 amide bonds. The van der Waals surface area contributed by atoms with Gasteiger partial charge in [0, 0.05) is 5.56 Å². The summed E-state index contributed by atoms with van der Waals surface area (Å²) in [5.41, 5.74) is -4.01. The van der Waals surface area contributed by atoms with Gasteiger partial charge in [0.2, 0.25) is 9.84 Å². The number of hydrogen-bond donors (Lipinski definition) is 1. The summed E-state index contributed by atoms with van der Waals surface area (Å²) in [7, 11) is -5.06. The lowest BCUT2D eigenvalue weighted by Gasteiger charge is -2.25. The summed E-state index contributed by atoms with van der Waals surface area (Å²) < 4.78 is 57.1. The summed E-state index contributed by atoms with van der Waals surface area (Å²) in [5.74, 6) is -0.0422. The van der Waals surface area contributed by atoms with Crippen LogP contribution in [0.4, 0.5) is 8.78 Å². The predicted octanol–water partition coefficient (Wildman–Crippen LogP) is 1.93. The van der Waals surface area contributed by atoms with Crippen LogP contribution in [0.5, 0.6) is 5.75 Å². The second-order valence-electron chi connectivity index (χ2n) is 5.18. The third-order valence-electron chi connectivity index (χ3n) is 3.28. The van der Waals surface area contributed by atoms with E-state index in [-0.39, 0.29) is 11.9 Å². The SMILES string of the molecule is CC(C)Oc1ccc2c(c1C#N)C(C)(O)C(F)(F)S2(=O)=O. The van der Waals surface area contributed by atoms with Crippen molar-refractivity contribution < 1.29 is 27.0 Å². The number of nitriles is 1. The first-order valence-electron chi connectivity index (χ1n) is 6.07. The number of fused-ring (bicyclic) bond motifs is 1. The molecule has 21 heavy (non-hydrogen) atoms. The standard InChI is InChI=1S/C13H13F2NO4S/c1-7(2)20-9-4-5-10-11(8(9)6-16)12(3,17)13(14,15)21(10,18)19/h4-5,7,17H,1-3H3. The van der Waals surface area contributed by atoms with Gasteiger partial charge in [-0.25, -0.2) is 8.42 Å². The second kappa shape index (κ2) is 4.39. The van der Waals surface area contributed by atoms with Gasteiger partial charge < -0.3 is 9.84 Å². The van der Waals surface area contributed by atoms with Gasteiger partial charge >= 0.3 is 5.25 Å². The van der Waals surface area contributed by atoms with Gasteiger partial charge in [0.25, 0.3) is 0 Å². The third-order valence-corrected chi connectivity index (χ3v) is 5.28. The molecule has 1 unspecified atom stereocenters. The number of nitrogens with zero attached hydrogens (tertiary/aromatic N) is 1. The van der Waals surface area contributed by atoms with E-state index in [1.807, 2.05) is 0 Å². The Morgan fingerprint density at radius 1 is 1.38 bits per heavy atom. The molecule has 0 saturated carbocycles. The Kier molecular flexibility index (Phi) is 3.27. The Balaban J connectivity index is 2.87. The summed E-state index contributed by atoms with van der Waals surface area (Å²) in [6.07, 6.45) is -0.349. The molecular weight excluding hydrogens is 304 g/mol. The Hall–Kier alpha value is -1.72. The highest BCUT2D eigenvalue weighted by atomic mass is 32.2. The van der Waals surface area contributed by atoms with Crippen LogP contribution in [0, 0.1) is 11.3 Å². The summed E-state index contributed by atoms with van der Waals surface area (Å²) in [6.45, 7) is 4.01. The zero-order valence-corrected chi connectivity index (χ0v) is 12.3. The fourth-order valence-corrected chi connectivity index (χ4v) is 4.00. The van der Waals surface area contributed by atoms with Gasteiger partial charge in [-0.05, 0) is 32.9 Å². The van der Waals surface area contributed by atoms with Crippen molar-refractivity contribution in [3.05, 3.63) is 23.3 Å². The lowest BCUT2D eigenvalue weighted by Crippen LogP contribution is -2.42. The first-order valence-corrected chi connectivity index (χ1v) is 7.56. The van der Waals surface area contributed by atoms with Crippen molar-refractivity contribution in [1.29, 1.82) is 5.26 Å². The molecule has 0 radical (unpaired) electrons. The van der Waals surface area contributed by atoms with Gasteiger partial charge in [-0.2, -0.15) is 14.0 Å². The molecule has 1 aromatic carbocycles. The normalized spacial score (nSPS) is 25.4.